The summed E-state index contributed by atoms with van der Waals surface area (Å²) in [4.78, 5) is 17.8. The zero-order valence-corrected chi connectivity index (χ0v) is 14.6. The van der Waals surface area contributed by atoms with Crippen LogP contribution in [0.4, 0.5) is 5.00 Å². The summed E-state index contributed by atoms with van der Waals surface area (Å²) in [7, 11) is 0. The van der Waals surface area contributed by atoms with Gasteiger partial charge in [0.1, 0.15) is 10.6 Å². The van der Waals surface area contributed by atoms with Crippen LogP contribution in [0.3, 0.4) is 0 Å². The van der Waals surface area contributed by atoms with E-state index in [1.807, 2.05) is 6.92 Å². The van der Waals surface area contributed by atoms with Crippen LogP contribution in [0, 0.1) is 5.41 Å². The highest BCUT2D eigenvalue weighted by Gasteiger charge is 2.39. The topological polar surface area (TPSA) is 38.7 Å². The Morgan fingerprint density at radius 2 is 2.14 bits per heavy atom. The van der Waals surface area contributed by atoms with Crippen molar-refractivity contribution in [2.75, 3.05) is 6.61 Å². The quantitative estimate of drug-likeness (QED) is 0.438. The zero-order valence-electron chi connectivity index (χ0n) is 12.9. The van der Waals surface area contributed by atoms with Gasteiger partial charge in [-0.2, -0.15) is 4.99 Å². The molecule has 3 rings (SSSR count). The minimum absolute atomic E-state index is 0.261. The monoisotopic (exact) mass is 335 g/mol. The van der Waals surface area contributed by atoms with Gasteiger partial charge in [0.25, 0.3) is 0 Å². The number of carbonyl (C=O) groups excluding carboxylic acids is 1. The number of rotatable bonds is 3. The number of esters is 1. The molecule has 2 aliphatic carbocycles. The molecular formula is C17H21NO2S2. The second kappa shape index (κ2) is 6.61. The summed E-state index contributed by atoms with van der Waals surface area (Å²) in [5, 5.41) is 3.10. The van der Waals surface area contributed by atoms with E-state index in [2.05, 4.69) is 10.2 Å². The van der Waals surface area contributed by atoms with Crippen LogP contribution in [0.25, 0.3) is 0 Å². The molecule has 0 aromatic carbocycles. The lowest BCUT2D eigenvalue weighted by Gasteiger charge is -2.40. The molecule has 0 N–H and O–H groups in total. The average Bonchev–Trinajstić information content (AvgIpc) is 2.85. The van der Waals surface area contributed by atoms with E-state index >= 15 is 0 Å². The molecule has 22 heavy (non-hydrogen) atoms. The van der Waals surface area contributed by atoms with E-state index in [1.165, 1.54) is 43.4 Å². The van der Waals surface area contributed by atoms with E-state index in [0.717, 1.165) is 18.4 Å². The predicted molar refractivity (Wildman–Crippen MR) is 92.5 cm³/mol. The van der Waals surface area contributed by atoms with Crippen LogP contribution in [-0.4, -0.2) is 17.7 Å². The molecule has 1 heterocycles. The molecule has 2 aliphatic rings. The molecule has 0 radical (unpaired) electrons. The van der Waals surface area contributed by atoms with Crippen LogP contribution in [0.15, 0.2) is 4.99 Å². The van der Waals surface area contributed by atoms with Gasteiger partial charge < -0.3 is 4.74 Å². The largest absolute Gasteiger partial charge is 0.462 e. The molecule has 0 unspecified atom stereocenters. The van der Waals surface area contributed by atoms with Crippen molar-refractivity contribution in [3.8, 4) is 0 Å². The first kappa shape index (κ1) is 15.9. The van der Waals surface area contributed by atoms with E-state index in [1.54, 1.807) is 11.3 Å². The number of aliphatic imine (C=N–C) groups is 1. The van der Waals surface area contributed by atoms with Gasteiger partial charge in [-0.3, -0.25) is 0 Å². The lowest BCUT2D eigenvalue weighted by molar-refractivity contribution is 0.0525. The van der Waals surface area contributed by atoms with Crippen LogP contribution in [0.5, 0.6) is 0 Å². The van der Waals surface area contributed by atoms with Gasteiger partial charge in [0, 0.05) is 4.88 Å². The Bertz CT molecular complexity index is 623. The van der Waals surface area contributed by atoms with E-state index in [9.17, 15) is 4.79 Å². The van der Waals surface area contributed by atoms with Gasteiger partial charge in [-0.05, 0) is 62.2 Å². The Morgan fingerprint density at radius 1 is 1.36 bits per heavy atom. The zero-order chi connectivity index (χ0) is 15.6. The Morgan fingerprint density at radius 3 is 2.82 bits per heavy atom. The molecule has 1 spiro atoms. The summed E-state index contributed by atoms with van der Waals surface area (Å²) >= 11 is 6.35. The molecule has 0 aliphatic heterocycles. The third-order valence-electron chi connectivity index (χ3n) is 5.05. The van der Waals surface area contributed by atoms with Crippen molar-refractivity contribution in [2.45, 2.75) is 58.3 Å². The molecule has 3 nitrogen and oxygen atoms in total. The Balaban J connectivity index is 1.97. The van der Waals surface area contributed by atoms with Crippen LogP contribution in [0.2, 0.25) is 0 Å². The highest BCUT2D eigenvalue weighted by molar-refractivity contribution is 7.78. The molecule has 0 saturated heterocycles. The number of hydrogen-bond donors (Lipinski definition) is 0. The highest BCUT2D eigenvalue weighted by Crippen LogP contribution is 2.50. The standard InChI is InChI=1S/C17H21NO2S2/c1-2-20-16(19)14-12-6-9-17(7-4-3-5-8-17)10-13(12)22-15(14)18-11-21/h2-10H2,1H3. The highest BCUT2D eigenvalue weighted by atomic mass is 32.1. The molecule has 0 amide bonds. The molecule has 0 bridgehead atoms. The number of isothiocyanates is 1. The second-order valence-electron chi connectivity index (χ2n) is 6.34. The summed E-state index contributed by atoms with van der Waals surface area (Å²) in [5.41, 5.74) is 2.26. The second-order valence-corrected chi connectivity index (χ2v) is 7.61. The van der Waals surface area contributed by atoms with Gasteiger partial charge in [0.15, 0.2) is 0 Å². The number of hydrogen-bond acceptors (Lipinski definition) is 5. The average molecular weight is 335 g/mol. The molecule has 1 aromatic heterocycles. The number of fused-ring (bicyclic) bond motifs is 1. The first-order valence-electron chi connectivity index (χ1n) is 8.08. The van der Waals surface area contributed by atoms with Gasteiger partial charge >= 0.3 is 5.97 Å². The number of nitrogens with zero attached hydrogens (tertiary/aromatic N) is 1. The van der Waals surface area contributed by atoms with E-state index in [0.29, 0.717) is 22.6 Å². The van der Waals surface area contributed by atoms with E-state index in [-0.39, 0.29) is 5.97 Å². The van der Waals surface area contributed by atoms with Crippen LogP contribution in [-0.2, 0) is 17.6 Å². The molecule has 0 atom stereocenters. The Labute approximate surface area is 140 Å². The minimum atomic E-state index is -0.261. The molecule has 118 valence electrons. The Kier molecular flexibility index (Phi) is 4.76. The number of thiophene rings is 1. The minimum Gasteiger partial charge on any atom is -0.462 e. The smallest absolute Gasteiger partial charge is 0.341 e. The van der Waals surface area contributed by atoms with Gasteiger partial charge in [0.05, 0.1) is 11.8 Å². The molecule has 1 aromatic rings. The maximum Gasteiger partial charge on any atom is 0.341 e. The van der Waals surface area contributed by atoms with Gasteiger partial charge in [-0.1, -0.05) is 19.3 Å². The first-order chi connectivity index (χ1) is 10.7. The van der Waals surface area contributed by atoms with E-state index < -0.39 is 0 Å². The summed E-state index contributed by atoms with van der Waals surface area (Å²) in [6.45, 7) is 2.21. The third-order valence-corrected chi connectivity index (χ3v) is 6.27. The van der Waals surface area contributed by atoms with Crippen molar-refractivity contribution in [3.05, 3.63) is 16.0 Å². The van der Waals surface area contributed by atoms with Gasteiger partial charge in [-0.25, -0.2) is 4.79 Å². The first-order valence-corrected chi connectivity index (χ1v) is 9.31. The van der Waals surface area contributed by atoms with Crippen molar-refractivity contribution in [3.63, 3.8) is 0 Å². The van der Waals surface area contributed by atoms with Gasteiger partial charge in [-0.15, -0.1) is 11.3 Å². The summed E-state index contributed by atoms with van der Waals surface area (Å²) in [6, 6.07) is 0. The SMILES string of the molecule is CCOC(=O)c1c(N=C=S)sc2c1CCC1(CCCCC1)C2. The molecular weight excluding hydrogens is 314 g/mol. The lowest BCUT2D eigenvalue weighted by Crippen LogP contribution is -2.30. The third kappa shape index (κ3) is 2.90. The normalized spacial score (nSPS) is 19.3. The molecule has 1 saturated carbocycles. The number of carbonyl (C=O) groups is 1. The number of thiocarbonyl (C=S) groups is 1. The summed E-state index contributed by atoms with van der Waals surface area (Å²) < 4.78 is 5.22. The van der Waals surface area contributed by atoms with E-state index in [4.69, 9.17) is 17.0 Å². The predicted octanol–water partition coefficient (Wildman–Crippen LogP) is 5.10. The van der Waals surface area contributed by atoms with Crippen molar-refractivity contribution >= 4 is 39.7 Å². The number of ether oxygens (including phenoxy) is 1. The van der Waals surface area contributed by atoms with Crippen molar-refractivity contribution in [1.29, 1.82) is 0 Å². The molecule has 5 heteroatoms. The lowest BCUT2D eigenvalue weighted by atomic mass is 9.65. The fourth-order valence-electron chi connectivity index (χ4n) is 3.99. The molecule has 1 fully saturated rings. The van der Waals surface area contributed by atoms with Crippen LogP contribution in [0.1, 0.15) is 66.2 Å². The maximum atomic E-state index is 12.3. The summed E-state index contributed by atoms with van der Waals surface area (Å²) in [6.07, 6.45) is 9.94. The Hall–Kier alpha value is -1.03. The summed E-state index contributed by atoms with van der Waals surface area (Å²) in [5.74, 6) is -0.261. The van der Waals surface area contributed by atoms with Gasteiger partial charge in [0.2, 0.25) is 0 Å². The van der Waals surface area contributed by atoms with Crippen LogP contribution < -0.4 is 0 Å². The fourth-order valence-corrected chi connectivity index (χ4v) is 5.47. The maximum absolute atomic E-state index is 12.3. The van der Waals surface area contributed by atoms with Crippen molar-refractivity contribution in [2.24, 2.45) is 10.4 Å². The van der Waals surface area contributed by atoms with Crippen molar-refractivity contribution in [1.82, 2.24) is 0 Å². The van der Waals surface area contributed by atoms with Crippen molar-refractivity contribution < 1.29 is 9.53 Å². The fraction of sp³-hybridized carbons (Fsp3) is 0.647. The van der Waals surface area contributed by atoms with Crippen LogP contribution >= 0.6 is 23.6 Å².